The molecule has 1 saturated heterocycles. The van der Waals surface area contributed by atoms with Crippen LogP contribution in [0.15, 0.2) is 51.7 Å². The van der Waals surface area contributed by atoms with Gasteiger partial charge in [-0.15, -0.1) is 0 Å². The quantitative estimate of drug-likeness (QED) is 0.590. The highest BCUT2D eigenvalue weighted by Gasteiger charge is 2.21. The van der Waals surface area contributed by atoms with Gasteiger partial charge in [0.1, 0.15) is 5.58 Å². The van der Waals surface area contributed by atoms with Crippen molar-refractivity contribution in [1.29, 1.82) is 0 Å². The van der Waals surface area contributed by atoms with Gasteiger partial charge in [0.15, 0.2) is 11.3 Å². The Labute approximate surface area is 181 Å². The lowest BCUT2D eigenvalue weighted by molar-refractivity contribution is 0.0698. The van der Waals surface area contributed by atoms with Crippen LogP contribution in [0.1, 0.15) is 54.2 Å². The highest BCUT2D eigenvalue weighted by atomic mass is 16.4. The van der Waals surface area contributed by atoms with E-state index in [9.17, 15) is 14.7 Å². The van der Waals surface area contributed by atoms with E-state index in [0.29, 0.717) is 28.5 Å². The van der Waals surface area contributed by atoms with E-state index in [2.05, 4.69) is 17.1 Å². The second-order valence-electron chi connectivity index (χ2n) is 8.57. The topological polar surface area (TPSA) is 82.8 Å². The summed E-state index contributed by atoms with van der Waals surface area (Å²) in [6, 6.07) is 12.0. The van der Waals surface area contributed by atoms with Crippen LogP contribution in [0.3, 0.4) is 0 Å². The summed E-state index contributed by atoms with van der Waals surface area (Å²) in [5.41, 5.74) is 3.02. The third-order valence-corrected chi connectivity index (χ3v) is 6.08. The fourth-order valence-electron chi connectivity index (χ4n) is 4.24. The minimum Gasteiger partial charge on any atom is -0.478 e. The average molecular weight is 421 g/mol. The Morgan fingerprint density at radius 2 is 1.90 bits per heavy atom. The Morgan fingerprint density at radius 1 is 1.19 bits per heavy atom. The highest BCUT2D eigenvalue weighted by molar-refractivity contribution is 5.94. The lowest BCUT2D eigenvalue weighted by Gasteiger charge is -2.30. The number of piperidine rings is 1. The molecule has 31 heavy (non-hydrogen) atoms. The number of aryl methyl sites for hydroxylation is 1. The number of carbonyl (C=O) groups is 1. The van der Waals surface area contributed by atoms with Crippen molar-refractivity contribution in [3.8, 4) is 0 Å². The molecule has 1 aromatic heterocycles. The van der Waals surface area contributed by atoms with Crippen LogP contribution in [-0.2, 0) is 0 Å². The first-order valence-electron chi connectivity index (χ1n) is 10.8. The molecule has 0 radical (unpaired) electrons. The number of carboxylic acid groups (broad SMARTS) is 1. The summed E-state index contributed by atoms with van der Waals surface area (Å²) >= 11 is 0. The number of nitrogens with zero attached hydrogens (tertiary/aromatic N) is 1. The largest absolute Gasteiger partial charge is 0.478 e. The summed E-state index contributed by atoms with van der Waals surface area (Å²) in [5, 5.41) is 13.3. The van der Waals surface area contributed by atoms with Crippen LogP contribution < -0.4 is 15.6 Å². The normalized spacial score (nSPS) is 15.8. The van der Waals surface area contributed by atoms with Gasteiger partial charge in [0.25, 0.3) is 0 Å². The van der Waals surface area contributed by atoms with Crippen molar-refractivity contribution in [1.82, 2.24) is 0 Å². The first-order valence-corrected chi connectivity index (χ1v) is 10.8. The van der Waals surface area contributed by atoms with E-state index >= 15 is 0 Å². The maximum Gasteiger partial charge on any atom is 0.337 e. The lowest BCUT2D eigenvalue weighted by atomic mass is 9.99. The van der Waals surface area contributed by atoms with Crippen LogP contribution in [0.2, 0.25) is 0 Å². The van der Waals surface area contributed by atoms with Gasteiger partial charge < -0.3 is 19.7 Å². The number of hydrogen-bond donors (Lipinski definition) is 2. The number of aromatic carboxylic acids is 1. The summed E-state index contributed by atoms with van der Waals surface area (Å²) in [7, 11) is 0. The molecule has 3 aromatic rings. The number of fused-ring (bicyclic) bond motifs is 1. The van der Waals surface area contributed by atoms with Gasteiger partial charge in [-0.25, -0.2) is 4.79 Å². The van der Waals surface area contributed by atoms with Crippen LogP contribution in [0.25, 0.3) is 11.0 Å². The molecule has 0 saturated carbocycles. The Morgan fingerprint density at radius 3 is 2.61 bits per heavy atom. The number of rotatable bonds is 5. The van der Waals surface area contributed by atoms with E-state index in [-0.39, 0.29) is 17.0 Å². The van der Waals surface area contributed by atoms with E-state index in [1.807, 2.05) is 26.0 Å². The van der Waals surface area contributed by atoms with Gasteiger partial charge in [-0.3, -0.25) is 4.79 Å². The summed E-state index contributed by atoms with van der Waals surface area (Å²) in [6.45, 7) is 7.88. The summed E-state index contributed by atoms with van der Waals surface area (Å²) in [6.07, 6.45) is 2.15. The van der Waals surface area contributed by atoms with E-state index in [0.717, 1.165) is 37.1 Å². The minimum atomic E-state index is -0.988. The molecule has 0 spiro atoms. The minimum absolute atomic E-state index is 0.0574. The molecule has 1 atom stereocenters. The molecule has 0 bridgehead atoms. The van der Waals surface area contributed by atoms with Gasteiger partial charge in [0.05, 0.1) is 17.0 Å². The predicted molar refractivity (Wildman–Crippen MR) is 123 cm³/mol. The molecular weight excluding hydrogens is 392 g/mol. The van der Waals surface area contributed by atoms with E-state index in [1.165, 1.54) is 0 Å². The van der Waals surface area contributed by atoms with Gasteiger partial charge in [0.2, 0.25) is 0 Å². The smallest absolute Gasteiger partial charge is 0.337 e. The zero-order valence-electron chi connectivity index (χ0n) is 18.1. The summed E-state index contributed by atoms with van der Waals surface area (Å²) < 4.78 is 6.31. The van der Waals surface area contributed by atoms with Crippen molar-refractivity contribution in [2.75, 3.05) is 23.3 Å². The number of benzene rings is 2. The van der Waals surface area contributed by atoms with Gasteiger partial charge in [-0.1, -0.05) is 25.1 Å². The van der Waals surface area contributed by atoms with Crippen LogP contribution in [0.4, 0.5) is 11.6 Å². The van der Waals surface area contributed by atoms with Crippen LogP contribution in [-0.4, -0.2) is 24.2 Å². The van der Waals surface area contributed by atoms with Crippen molar-refractivity contribution < 1.29 is 14.3 Å². The summed E-state index contributed by atoms with van der Waals surface area (Å²) in [5.74, 6) is 0.297. The Hall–Kier alpha value is -3.28. The molecule has 4 rings (SSSR count). The number of carboxylic acids is 1. The van der Waals surface area contributed by atoms with Crippen molar-refractivity contribution in [2.45, 2.75) is 39.7 Å². The number of para-hydroxylation sites is 1. The van der Waals surface area contributed by atoms with Crippen LogP contribution in [0.5, 0.6) is 0 Å². The standard InChI is InChI=1S/C25H28N2O4/c1-15-8-10-27(11-9-15)23-14-22(28)20-13-16(2)12-19(24(20)31-23)17(3)26-21-7-5-4-6-18(21)25(29)30/h4-7,12-15,17,26H,8-11H2,1-3H3,(H,29,30)/t17-/m1/s1. The first kappa shape index (κ1) is 21.0. The fraction of sp³-hybridized carbons (Fsp3) is 0.360. The first-order chi connectivity index (χ1) is 14.8. The Bertz CT molecular complexity index is 1180. The van der Waals surface area contributed by atoms with Gasteiger partial charge in [0, 0.05) is 30.4 Å². The third-order valence-electron chi connectivity index (χ3n) is 6.08. The van der Waals surface area contributed by atoms with Crippen molar-refractivity contribution >= 4 is 28.5 Å². The monoisotopic (exact) mass is 420 g/mol. The maximum absolute atomic E-state index is 13.0. The zero-order chi connectivity index (χ0) is 22.1. The second-order valence-corrected chi connectivity index (χ2v) is 8.57. The van der Waals surface area contributed by atoms with E-state index < -0.39 is 5.97 Å². The molecule has 2 heterocycles. The molecule has 0 unspecified atom stereocenters. The fourth-order valence-corrected chi connectivity index (χ4v) is 4.24. The van der Waals surface area contributed by atoms with Gasteiger partial charge in [-0.05, 0) is 56.4 Å². The average Bonchev–Trinajstić information content (AvgIpc) is 2.74. The van der Waals surface area contributed by atoms with Gasteiger partial charge >= 0.3 is 5.97 Å². The van der Waals surface area contributed by atoms with Crippen molar-refractivity contribution in [2.24, 2.45) is 5.92 Å². The maximum atomic E-state index is 13.0. The molecule has 6 heteroatoms. The molecule has 1 fully saturated rings. The number of anilines is 2. The highest BCUT2D eigenvalue weighted by Crippen LogP contribution is 2.31. The second kappa shape index (κ2) is 8.46. The molecular formula is C25H28N2O4. The molecule has 162 valence electrons. The number of nitrogens with one attached hydrogen (secondary N) is 1. The predicted octanol–water partition coefficient (Wildman–Crippen LogP) is 5.21. The summed E-state index contributed by atoms with van der Waals surface area (Å²) in [4.78, 5) is 26.7. The zero-order valence-corrected chi connectivity index (χ0v) is 18.1. The van der Waals surface area contributed by atoms with Crippen molar-refractivity contribution in [3.05, 3.63) is 69.4 Å². The molecule has 2 aromatic carbocycles. The van der Waals surface area contributed by atoms with Crippen LogP contribution >= 0.6 is 0 Å². The van der Waals surface area contributed by atoms with Crippen LogP contribution in [0, 0.1) is 12.8 Å². The Kier molecular flexibility index (Phi) is 5.72. The lowest BCUT2D eigenvalue weighted by Crippen LogP contribution is -2.33. The Balaban J connectivity index is 1.76. The van der Waals surface area contributed by atoms with E-state index in [1.54, 1.807) is 30.3 Å². The molecule has 1 aliphatic heterocycles. The molecule has 2 N–H and O–H groups in total. The molecule has 0 amide bonds. The third kappa shape index (κ3) is 4.29. The van der Waals surface area contributed by atoms with Gasteiger partial charge in [-0.2, -0.15) is 0 Å². The molecule has 6 nitrogen and oxygen atoms in total. The van der Waals surface area contributed by atoms with Crippen molar-refractivity contribution in [3.63, 3.8) is 0 Å². The molecule has 1 aliphatic rings. The number of hydrogen-bond acceptors (Lipinski definition) is 5. The molecule has 0 aliphatic carbocycles. The van der Waals surface area contributed by atoms with E-state index in [4.69, 9.17) is 4.42 Å². The SMILES string of the molecule is Cc1cc([C@@H](C)Nc2ccccc2C(=O)O)c2oc(N3CCC(C)CC3)cc(=O)c2c1.